The lowest BCUT2D eigenvalue weighted by Crippen LogP contribution is -2.39. The molecule has 4 nitrogen and oxygen atoms in total. The Labute approximate surface area is 116 Å². The molecule has 2 heterocycles. The normalized spacial score (nSPS) is 17.7. The van der Waals surface area contributed by atoms with Crippen molar-refractivity contribution in [2.45, 2.75) is 45.8 Å². The number of pyridine rings is 1. The van der Waals surface area contributed by atoms with E-state index in [1.165, 1.54) is 25.9 Å². The van der Waals surface area contributed by atoms with Gasteiger partial charge in [-0.3, -0.25) is 0 Å². The molecule has 1 aromatic heterocycles. The molecule has 0 amide bonds. The number of anilines is 1. The van der Waals surface area contributed by atoms with Crippen LogP contribution in [0.3, 0.4) is 0 Å². The number of piperidine rings is 1. The Morgan fingerprint density at radius 3 is 2.79 bits per heavy atom. The quantitative estimate of drug-likeness (QED) is 0.886. The SMILES string of the molecule is CCN1CCC(Nc2ncccc2OC(C)C)CC1. The lowest BCUT2D eigenvalue weighted by molar-refractivity contribution is 0.227. The molecule has 0 spiro atoms. The standard InChI is InChI=1S/C15H25N3O/c1-4-18-10-7-13(8-11-18)17-15-14(19-12(2)3)6-5-9-16-15/h5-6,9,12-13H,4,7-8,10-11H2,1-3H3,(H,16,17). The van der Waals surface area contributed by atoms with Crippen LogP contribution >= 0.6 is 0 Å². The van der Waals surface area contributed by atoms with Gasteiger partial charge in [-0.25, -0.2) is 4.98 Å². The van der Waals surface area contributed by atoms with E-state index >= 15 is 0 Å². The Bertz CT molecular complexity index is 387. The number of nitrogens with zero attached hydrogens (tertiary/aromatic N) is 2. The smallest absolute Gasteiger partial charge is 0.168 e. The number of nitrogens with one attached hydrogen (secondary N) is 1. The van der Waals surface area contributed by atoms with E-state index in [1.807, 2.05) is 32.2 Å². The lowest BCUT2D eigenvalue weighted by atomic mass is 10.1. The molecule has 19 heavy (non-hydrogen) atoms. The molecule has 106 valence electrons. The Morgan fingerprint density at radius 1 is 1.42 bits per heavy atom. The second-order valence-electron chi connectivity index (χ2n) is 5.37. The highest BCUT2D eigenvalue weighted by Gasteiger charge is 2.19. The van der Waals surface area contributed by atoms with Gasteiger partial charge in [-0.1, -0.05) is 6.92 Å². The Hall–Kier alpha value is -1.29. The molecule has 1 fully saturated rings. The molecule has 0 saturated carbocycles. The minimum Gasteiger partial charge on any atom is -0.487 e. The molecule has 1 N–H and O–H groups in total. The van der Waals surface area contributed by atoms with Crippen molar-refractivity contribution >= 4 is 5.82 Å². The monoisotopic (exact) mass is 263 g/mol. The molecular formula is C15H25N3O. The van der Waals surface area contributed by atoms with Crippen LogP contribution < -0.4 is 10.1 Å². The molecule has 0 radical (unpaired) electrons. The van der Waals surface area contributed by atoms with Crippen LogP contribution in [0.15, 0.2) is 18.3 Å². The summed E-state index contributed by atoms with van der Waals surface area (Å²) in [7, 11) is 0. The van der Waals surface area contributed by atoms with E-state index in [4.69, 9.17) is 4.74 Å². The summed E-state index contributed by atoms with van der Waals surface area (Å²) >= 11 is 0. The zero-order chi connectivity index (χ0) is 13.7. The van der Waals surface area contributed by atoms with Crippen molar-refractivity contribution in [1.29, 1.82) is 0 Å². The van der Waals surface area contributed by atoms with Crippen LogP contribution in [0.5, 0.6) is 5.75 Å². The zero-order valence-corrected chi connectivity index (χ0v) is 12.2. The Morgan fingerprint density at radius 2 is 2.16 bits per heavy atom. The number of hydrogen-bond acceptors (Lipinski definition) is 4. The number of rotatable bonds is 5. The van der Waals surface area contributed by atoms with Gasteiger partial charge in [0.25, 0.3) is 0 Å². The lowest BCUT2D eigenvalue weighted by Gasteiger charge is -2.32. The van der Waals surface area contributed by atoms with Gasteiger partial charge in [0.2, 0.25) is 0 Å². The summed E-state index contributed by atoms with van der Waals surface area (Å²) in [6.45, 7) is 9.79. The summed E-state index contributed by atoms with van der Waals surface area (Å²) in [6, 6.07) is 4.41. The fraction of sp³-hybridized carbons (Fsp3) is 0.667. The predicted molar refractivity (Wildman–Crippen MR) is 78.8 cm³/mol. The summed E-state index contributed by atoms with van der Waals surface area (Å²) in [5.41, 5.74) is 0. The minimum absolute atomic E-state index is 0.173. The molecule has 1 aliphatic heterocycles. The second kappa shape index (κ2) is 6.75. The third-order valence-electron chi connectivity index (χ3n) is 3.51. The topological polar surface area (TPSA) is 37.4 Å². The van der Waals surface area contributed by atoms with Crippen LogP contribution in [0, 0.1) is 0 Å². The molecule has 0 aliphatic carbocycles. The molecule has 1 aromatic rings. The molecule has 0 atom stereocenters. The fourth-order valence-electron chi connectivity index (χ4n) is 2.43. The minimum atomic E-state index is 0.173. The van der Waals surface area contributed by atoms with Crippen molar-refractivity contribution in [2.24, 2.45) is 0 Å². The van der Waals surface area contributed by atoms with Crippen molar-refractivity contribution in [2.75, 3.05) is 25.0 Å². The van der Waals surface area contributed by atoms with E-state index in [2.05, 4.69) is 22.1 Å². The maximum absolute atomic E-state index is 5.79. The maximum Gasteiger partial charge on any atom is 0.168 e. The first-order chi connectivity index (χ1) is 9.19. The van der Waals surface area contributed by atoms with E-state index < -0.39 is 0 Å². The first-order valence-electron chi connectivity index (χ1n) is 7.29. The Kier molecular flexibility index (Phi) is 5.02. The van der Waals surface area contributed by atoms with Gasteiger partial charge in [0.15, 0.2) is 11.6 Å². The average molecular weight is 263 g/mol. The fourth-order valence-corrected chi connectivity index (χ4v) is 2.43. The summed E-state index contributed by atoms with van der Waals surface area (Å²) < 4.78 is 5.79. The van der Waals surface area contributed by atoms with Gasteiger partial charge < -0.3 is 15.0 Å². The van der Waals surface area contributed by atoms with Gasteiger partial charge in [-0.05, 0) is 45.4 Å². The van der Waals surface area contributed by atoms with Crippen LogP contribution in [0.25, 0.3) is 0 Å². The van der Waals surface area contributed by atoms with E-state index in [1.54, 1.807) is 0 Å². The molecule has 0 unspecified atom stereocenters. The molecule has 0 bridgehead atoms. The Balaban J connectivity index is 1.95. The van der Waals surface area contributed by atoms with Gasteiger partial charge in [0, 0.05) is 25.3 Å². The van der Waals surface area contributed by atoms with Crippen LogP contribution in [-0.4, -0.2) is 41.7 Å². The third kappa shape index (κ3) is 4.10. The summed E-state index contributed by atoms with van der Waals surface area (Å²) in [4.78, 5) is 6.90. The largest absolute Gasteiger partial charge is 0.487 e. The van der Waals surface area contributed by atoms with E-state index in [9.17, 15) is 0 Å². The zero-order valence-electron chi connectivity index (χ0n) is 12.2. The van der Waals surface area contributed by atoms with E-state index in [-0.39, 0.29) is 6.10 Å². The van der Waals surface area contributed by atoms with Crippen molar-refractivity contribution in [1.82, 2.24) is 9.88 Å². The molecule has 1 saturated heterocycles. The van der Waals surface area contributed by atoms with Gasteiger partial charge in [-0.15, -0.1) is 0 Å². The number of aromatic nitrogens is 1. The molecular weight excluding hydrogens is 238 g/mol. The van der Waals surface area contributed by atoms with Gasteiger partial charge in [0.1, 0.15) is 0 Å². The van der Waals surface area contributed by atoms with E-state index in [0.717, 1.165) is 18.1 Å². The molecule has 2 rings (SSSR count). The molecule has 1 aliphatic rings. The van der Waals surface area contributed by atoms with Crippen LogP contribution in [0.4, 0.5) is 5.82 Å². The predicted octanol–water partition coefficient (Wildman–Crippen LogP) is 2.77. The second-order valence-corrected chi connectivity index (χ2v) is 5.37. The van der Waals surface area contributed by atoms with Crippen molar-refractivity contribution in [3.63, 3.8) is 0 Å². The number of likely N-dealkylation sites (tertiary alicyclic amines) is 1. The van der Waals surface area contributed by atoms with Crippen molar-refractivity contribution in [3.05, 3.63) is 18.3 Å². The van der Waals surface area contributed by atoms with Crippen molar-refractivity contribution in [3.8, 4) is 5.75 Å². The summed E-state index contributed by atoms with van der Waals surface area (Å²) in [5.74, 6) is 1.74. The third-order valence-corrected chi connectivity index (χ3v) is 3.51. The van der Waals surface area contributed by atoms with Crippen LogP contribution in [0.1, 0.15) is 33.6 Å². The highest BCUT2D eigenvalue weighted by atomic mass is 16.5. The van der Waals surface area contributed by atoms with E-state index in [0.29, 0.717) is 6.04 Å². The maximum atomic E-state index is 5.79. The average Bonchev–Trinajstić information content (AvgIpc) is 2.41. The van der Waals surface area contributed by atoms with Crippen molar-refractivity contribution < 1.29 is 4.74 Å². The molecule has 4 heteroatoms. The van der Waals surface area contributed by atoms with Crippen LogP contribution in [-0.2, 0) is 0 Å². The number of ether oxygens (including phenoxy) is 1. The van der Waals surface area contributed by atoms with Crippen LogP contribution in [0.2, 0.25) is 0 Å². The highest BCUT2D eigenvalue weighted by molar-refractivity contribution is 5.50. The summed E-state index contributed by atoms with van der Waals surface area (Å²) in [5, 5.41) is 3.54. The van der Waals surface area contributed by atoms with Gasteiger partial charge in [0.05, 0.1) is 6.10 Å². The highest BCUT2D eigenvalue weighted by Crippen LogP contribution is 2.25. The van der Waals surface area contributed by atoms with Gasteiger partial charge in [-0.2, -0.15) is 0 Å². The summed E-state index contributed by atoms with van der Waals surface area (Å²) in [6.07, 6.45) is 4.33. The molecule has 0 aromatic carbocycles. The van der Waals surface area contributed by atoms with Gasteiger partial charge >= 0.3 is 0 Å². The first kappa shape index (κ1) is 14.1. The number of hydrogen-bond donors (Lipinski definition) is 1. The first-order valence-corrected chi connectivity index (χ1v) is 7.29.